The molecule has 3 heterocycles. The van der Waals surface area contributed by atoms with Crippen LogP contribution in [0.1, 0.15) is 36.8 Å². The maximum absolute atomic E-state index is 11.8. The lowest BCUT2D eigenvalue weighted by Gasteiger charge is -2.49. The van der Waals surface area contributed by atoms with Crippen molar-refractivity contribution in [2.45, 2.75) is 37.3 Å². The largest absolute Gasteiger partial charge is 0.390 e. The highest BCUT2D eigenvalue weighted by Gasteiger charge is 2.49. The number of nitrogens with zero attached hydrogens (tertiary/aromatic N) is 2. The number of carbonyl (C=O) groups is 1. The molecule has 1 saturated carbocycles. The number of nitrogens with one attached hydrogen (secondary N) is 1. The van der Waals surface area contributed by atoms with Crippen LogP contribution in [-0.4, -0.2) is 33.1 Å². The molecule has 6 rings (SSSR count). The molecular weight excluding hydrogens is 488 g/mol. The summed E-state index contributed by atoms with van der Waals surface area (Å²) in [6, 6.07) is 18.6. The van der Waals surface area contributed by atoms with Crippen LogP contribution >= 0.6 is 22.7 Å². The normalized spacial score (nSPS) is 23.6. The Kier molecular flexibility index (Phi) is 5.64. The zero-order valence-electron chi connectivity index (χ0n) is 19.8. The van der Waals surface area contributed by atoms with Crippen molar-refractivity contribution in [2.75, 3.05) is 6.54 Å². The van der Waals surface area contributed by atoms with Crippen molar-refractivity contribution in [3.8, 4) is 31.6 Å². The predicted octanol–water partition coefficient (Wildman–Crippen LogP) is 5.20. The van der Waals surface area contributed by atoms with Gasteiger partial charge >= 0.3 is 0 Å². The Hall–Kier alpha value is -3.17. The fourth-order valence-corrected chi connectivity index (χ4v) is 7.26. The Labute approximate surface area is 217 Å². The highest BCUT2D eigenvalue weighted by molar-refractivity contribution is 7.24. The summed E-state index contributed by atoms with van der Waals surface area (Å²) < 4.78 is 0. The number of carbonyl (C=O) groups excluding carboxylic acids is 1. The SMILES string of the molecule is CC1(O)CC(N)(c2ccc(-c3nc(-c4cnc(C5=CC(=O)NCC5)s4)sc3-c3ccccc3)cc2)C1. The van der Waals surface area contributed by atoms with Crippen LogP contribution in [0.15, 0.2) is 66.9 Å². The van der Waals surface area contributed by atoms with E-state index in [0.29, 0.717) is 19.4 Å². The van der Waals surface area contributed by atoms with Gasteiger partial charge in [-0.3, -0.25) is 4.79 Å². The van der Waals surface area contributed by atoms with Crippen molar-refractivity contribution in [1.82, 2.24) is 15.3 Å². The van der Waals surface area contributed by atoms with Crippen molar-refractivity contribution in [2.24, 2.45) is 5.73 Å². The molecule has 182 valence electrons. The molecular formula is C28H26N4O2S2. The highest BCUT2D eigenvalue weighted by atomic mass is 32.1. The second kappa shape index (κ2) is 8.74. The number of rotatable bonds is 5. The number of amides is 1. The molecule has 0 atom stereocenters. The molecule has 8 heteroatoms. The summed E-state index contributed by atoms with van der Waals surface area (Å²) >= 11 is 3.22. The third-order valence-electron chi connectivity index (χ3n) is 6.78. The van der Waals surface area contributed by atoms with Crippen molar-refractivity contribution >= 4 is 34.2 Å². The molecule has 1 aliphatic heterocycles. The lowest BCUT2D eigenvalue weighted by molar-refractivity contribution is -0.116. The number of benzene rings is 2. The first-order valence-electron chi connectivity index (χ1n) is 11.9. The standard InChI is InChI=1S/C28H26N4O2S2/c1-27(34)15-28(29,16-27)20-9-7-17(8-10-20)23-24(18-5-3-2-4-6-18)36-26(32-23)21-14-31-25(35-21)19-11-12-30-22(33)13-19/h2-10,13-14,34H,11-12,15-16,29H2,1H3,(H,30,33). The Bertz CT molecular complexity index is 1460. The van der Waals surface area contributed by atoms with E-state index in [0.717, 1.165) is 54.1 Å². The monoisotopic (exact) mass is 514 g/mol. The molecule has 0 unspecified atom stereocenters. The molecule has 4 aromatic rings. The molecule has 2 aliphatic rings. The third-order valence-corrected chi connectivity index (χ3v) is 9.13. The van der Waals surface area contributed by atoms with Crippen LogP contribution in [-0.2, 0) is 10.3 Å². The minimum atomic E-state index is -0.692. The molecule has 0 radical (unpaired) electrons. The van der Waals surface area contributed by atoms with Gasteiger partial charge in [-0.05, 0) is 42.9 Å². The zero-order valence-corrected chi connectivity index (χ0v) is 21.5. The van der Waals surface area contributed by atoms with Gasteiger partial charge in [0.05, 0.1) is 21.0 Å². The van der Waals surface area contributed by atoms with Crippen LogP contribution < -0.4 is 11.1 Å². The summed E-state index contributed by atoms with van der Waals surface area (Å²) in [5.41, 5.74) is 10.4. The molecule has 1 fully saturated rings. The van der Waals surface area contributed by atoms with E-state index in [1.165, 1.54) is 0 Å². The fraction of sp³-hybridized carbons (Fsp3) is 0.250. The fourth-order valence-electron chi connectivity index (χ4n) is 5.17. The predicted molar refractivity (Wildman–Crippen MR) is 145 cm³/mol. The van der Waals surface area contributed by atoms with E-state index in [1.807, 2.05) is 31.3 Å². The smallest absolute Gasteiger partial charge is 0.244 e. The molecule has 0 spiro atoms. The minimum absolute atomic E-state index is 0.0656. The van der Waals surface area contributed by atoms with E-state index in [4.69, 9.17) is 10.7 Å². The van der Waals surface area contributed by atoms with Gasteiger partial charge in [-0.2, -0.15) is 0 Å². The van der Waals surface area contributed by atoms with Gasteiger partial charge in [0, 0.05) is 29.9 Å². The van der Waals surface area contributed by atoms with E-state index in [1.54, 1.807) is 28.7 Å². The number of thiazole rings is 2. The Morgan fingerprint density at radius 3 is 2.44 bits per heavy atom. The topological polar surface area (TPSA) is 101 Å². The van der Waals surface area contributed by atoms with Crippen molar-refractivity contribution in [1.29, 1.82) is 0 Å². The number of aliphatic hydroxyl groups is 1. The summed E-state index contributed by atoms with van der Waals surface area (Å²) in [5, 5.41) is 14.8. The van der Waals surface area contributed by atoms with Crippen LogP contribution in [0.3, 0.4) is 0 Å². The van der Waals surface area contributed by atoms with Crippen molar-refractivity contribution < 1.29 is 9.90 Å². The quantitative estimate of drug-likeness (QED) is 0.340. The van der Waals surface area contributed by atoms with Crippen molar-refractivity contribution in [3.05, 3.63) is 77.4 Å². The van der Waals surface area contributed by atoms with E-state index in [-0.39, 0.29) is 5.91 Å². The number of hydrogen-bond acceptors (Lipinski definition) is 7. The van der Waals surface area contributed by atoms with Gasteiger partial charge in [-0.15, -0.1) is 22.7 Å². The molecule has 2 aromatic carbocycles. The molecule has 6 nitrogen and oxygen atoms in total. The van der Waals surface area contributed by atoms with Crippen LogP contribution in [0.4, 0.5) is 0 Å². The van der Waals surface area contributed by atoms with Crippen molar-refractivity contribution in [3.63, 3.8) is 0 Å². The molecule has 2 aromatic heterocycles. The van der Waals surface area contributed by atoms with Crippen LogP contribution in [0.25, 0.3) is 37.2 Å². The van der Waals surface area contributed by atoms with E-state index in [9.17, 15) is 9.90 Å². The summed E-state index contributed by atoms with van der Waals surface area (Å²) in [6.45, 7) is 2.47. The van der Waals surface area contributed by atoms with Gasteiger partial charge in [0.1, 0.15) is 10.0 Å². The Morgan fingerprint density at radius 2 is 1.75 bits per heavy atom. The maximum Gasteiger partial charge on any atom is 0.244 e. The highest BCUT2D eigenvalue weighted by Crippen LogP contribution is 2.47. The second-order valence-electron chi connectivity index (χ2n) is 9.89. The van der Waals surface area contributed by atoms with E-state index >= 15 is 0 Å². The Morgan fingerprint density at radius 1 is 1.00 bits per heavy atom. The average Bonchev–Trinajstić information content (AvgIpc) is 3.51. The Balaban J connectivity index is 1.37. The van der Waals surface area contributed by atoms with Gasteiger partial charge in [-0.1, -0.05) is 54.6 Å². The first-order valence-corrected chi connectivity index (χ1v) is 13.6. The summed E-state index contributed by atoms with van der Waals surface area (Å²) in [5.74, 6) is -0.0656. The molecule has 0 bridgehead atoms. The van der Waals surface area contributed by atoms with Gasteiger partial charge in [0.15, 0.2) is 0 Å². The molecule has 4 N–H and O–H groups in total. The zero-order chi connectivity index (χ0) is 24.9. The molecule has 1 aliphatic carbocycles. The lowest BCUT2D eigenvalue weighted by atomic mass is 9.63. The number of aromatic nitrogens is 2. The first-order chi connectivity index (χ1) is 17.3. The molecule has 1 amide bonds. The summed E-state index contributed by atoms with van der Waals surface area (Å²) in [7, 11) is 0. The van der Waals surface area contributed by atoms with E-state index in [2.05, 4.69) is 46.7 Å². The maximum atomic E-state index is 11.8. The number of hydrogen-bond donors (Lipinski definition) is 3. The second-order valence-corrected chi connectivity index (χ2v) is 11.9. The van der Waals surface area contributed by atoms with Gasteiger partial charge in [0.2, 0.25) is 5.91 Å². The van der Waals surface area contributed by atoms with Crippen LogP contribution in [0, 0.1) is 0 Å². The number of nitrogens with two attached hydrogens (primary N) is 1. The van der Waals surface area contributed by atoms with Gasteiger partial charge in [-0.25, -0.2) is 9.97 Å². The van der Waals surface area contributed by atoms with Crippen LogP contribution in [0.5, 0.6) is 0 Å². The van der Waals surface area contributed by atoms with Gasteiger partial charge < -0.3 is 16.2 Å². The lowest BCUT2D eigenvalue weighted by Crippen LogP contribution is -2.58. The summed E-state index contributed by atoms with van der Waals surface area (Å²) in [6.07, 6.45) is 5.39. The molecule has 36 heavy (non-hydrogen) atoms. The van der Waals surface area contributed by atoms with Crippen LogP contribution in [0.2, 0.25) is 0 Å². The van der Waals surface area contributed by atoms with E-state index < -0.39 is 11.1 Å². The summed E-state index contributed by atoms with van der Waals surface area (Å²) in [4.78, 5) is 23.5. The third kappa shape index (κ3) is 4.30. The van der Waals surface area contributed by atoms with Gasteiger partial charge in [0.25, 0.3) is 0 Å². The minimum Gasteiger partial charge on any atom is -0.390 e. The average molecular weight is 515 g/mol. The molecule has 0 saturated heterocycles. The first kappa shape index (κ1) is 23.2.